The lowest BCUT2D eigenvalue weighted by Crippen LogP contribution is -2.45. The molecule has 5 heteroatoms. The van der Waals surface area contributed by atoms with Gasteiger partial charge in [-0.1, -0.05) is 36.4 Å². The van der Waals surface area contributed by atoms with Gasteiger partial charge in [0, 0.05) is 32.0 Å². The third-order valence-electron chi connectivity index (χ3n) is 4.22. The second kappa shape index (κ2) is 8.45. The van der Waals surface area contributed by atoms with Gasteiger partial charge in [0.05, 0.1) is 12.7 Å². The highest BCUT2D eigenvalue weighted by Crippen LogP contribution is 2.16. The van der Waals surface area contributed by atoms with E-state index < -0.39 is 0 Å². The minimum Gasteiger partial charge on any atom is -0.373 e. The molecule has 0 aliphatic carbocycles. The van der Waals surface area contributed by atoms with E-state index in [1.165, 1.54) is 5.56 Å². The van der Waals surface area contributed by atoms with Crippen LogP contribution < -0.4 is 5.32 Å². The van der Waals surface area contributed by atoms with Crippen LogP contribution in [0.25, 0.3) is 0 Å². The predicted molar refractivity (Wildman–Crippen MR) is 92.3 cm³/mol. The Morgan fingerprint density at radius 2 is 1.88 bits per heavy atom. The van der Waals surface area contributed by atoms with Crippen molar-refractivity contribution in [2.45, 2.75) is 32.1 Å². The summed E-state index contributed by atoms with van der Waals surface area (Å²) in [5, 5.41) is 2.95. The van der Waals surface area contributed by atoms with Crippen molar-refractivity contribution in [1.29, 1.82) is 0 Å². The van der Waals surface area contributed by atoms with E-state index in [1.54, 1.807) is 12.4 Å². The van der Waals surface area contributed by atoms with E-state index in [4.69, 9.17) is 4.74 Å². The summed E-state index contributed by atoms with van der Waals surface area (Å²) >= 11 is 0. The Hall–Kier alpha value is -2.40. The van der Waals surface area contributed by atoms with Gasteiger partial charge in [-0.25, -0.2) is 4.79 Å². The number of carbonyl (C=O) groups is 1. The molecule has 0 saturated carbocycles. The molecule has 2 aromatic rings. The van der Waals surface area contributed by atoms with E-state index in [0.717, 1.165) is 31.5 Å². The molecular weight excluding hydrogens is 302 g/mol. The van der Waals surface area contributed by atoms with Crippen LogP contribution in [-0.2, 0) is 17.9 Å². The zero-order valence-electron chi connectivity index (χ0n) is 13.7. The Labute approximate surface area is 142 Å². The molecule has 3 rings (SSSR count). The van der Waals surface area contributed by atoms with Crippen molar-refractivity contribution in [3.8, 4) is 0 Å². The SMILES string of the molecule is O=C(NCc1cccnc1)N1CCC(OCc2ccccc2)CC1. The van der Waals surface area contributed by atoms with Gasteiger partial charge in [0.15, 0.2) is 0 Å². The summed E-state index contributed by atoms with van der Waals surface area (Å²) in [7, 11) is 0. The molecule has 1 aromatic carbocycles. The molecule has 2 heterocycles. The van der Waals surface area contributed by atoms with Crippen LogP contribution in [0.1, 0.15) is 24.0 Å². The molecule has 5 nitrogen and oxygen atoms in total. The molecule has 2 amide bonds. The van der Waals surface area contributed by atoms with Crippen LogP contribution in [0.15, 0.2) is 54.9 Å². The lowest BCUT2D eigenvalue weighted by atomic mass is 10.1. The lowest BCUT2D eigenvalue weighted by molar-refractivity contribution is 0.00444. The summed E-state index contributed by atoms with van der Waals surface area (Å²) in [6.45, 7) is 2.62. The van der Waals surface area contributed by atoms with Gasteiger partial charge in [0.2, 0.25) is 0 Å². The molecule has 0 spiro atoms. The molecule has 24 heavy (non-hydrogen) atoms. The molecule has 0 unspecified atom stereocenters. The van der Waals surface area contributed by atoms with Crippen molar-refractivity contribution in [2.24, 2.45) is 0 Å². The maximum absolute atomic E-state index is 12.2. The molecule has 1 saturated heterocycles. The largest absolute Gasteiger partial charge is 0.373 e. The van der Waals surface area contributed by atoms with Crippen molar-refractivity contribution in [2.75, 3.05) is 13.1 Å². The van der Waals surface area contributed by atoms with Gasteiger partial charge in [-0.2, -0.15) is 0 Å². The van der Waals surface area contributed by atoms with Crippen LogP contribution in [0.2, 0.25) is 0 Å². The number of benzene rings is 1. The van der Waals surface area contributed by atoms with Crippen LogP contribution in [0.4, 0.5) is 4.79 Å². The number of nitrogens with one attached hydrogen (secondary N) is 1. The zero-order valence-corrected chi connectivity index (χ0v) is 13.7. The Bertz CT molecular complexity index is 626. The molecular formula is C19H23N3O2. The van der Waals surface area contributed by atoms with Crippen molar-refractivity contribution < 1.29 is 9.53 Å². The van der Waals surface area contributed by atoms with Crippen LogP contribution >= 0.6 is 0 Å². The van der Waals surface area contributed by atoms with Crippen molar-refractivity contribution in [3.05, 3.63) is 66.0 Å². The third kappa shape index (κ3) is 4.80. The average Bonchev–Trinajstić information content (AvgIpc) is 2.66. The number of amides is 2. The standard InChI is InChI=1S/C19H23N3O2/c23-19(21-14-17-7-4-10-20-13-17)22-11-8-18(9-12-22)24-15-16-5-2-1-3-6-16/h1-7,10,13,18H,8-9,11-12,14-15H2,(H,21,23). The first-order chi connectivity index (χ1) is 11.8. The fourth-order valence-corrected chi connectivity index (χ4v) is 2.81. The fourth-order valence-electron chi connectivity index (χ4n) is 2.81. The quantitative estimate of drug-likeness (QED) is 0.919. The number of carbonyl (C=O) groups excluding carboxylic acids is 1. The third-order valence-corrected chi connectivity index (χ3v) is 4.22. The number of ether oxygens (including phenoxy) is 1. The number of likely N-dealkylation sites (tertiary alicyclic amines) is 1. The molecule has 126 valence electrons. The maximum atomic E-state index is 12.2. The number of piperidine rings is 1. The molecule has 0 radical (unpaired) electrons. The predicted octanol–water partition coefficient (Wildman–Crippen LogP) is 2.97. The van der Waals surface area contributed by atoms with Crippen LogP contribution in [0.3, 0.4) is 0 Å². The molecule has 1 N–H and O–H groups in total. The first-order valence-electron chi connectivity index (χ1n) is 8.38. The average molecular weight is 325 g/mol. The van der Waals surface area contributed by atoms with Gasteiger partial charge in [0.25, 0.3) is 0 Å². The Morgan fingerprint density at radius 1 is 1.12 bits per heavy atom. The first kappa shape index (κ1) is 16.5. The van der Waals surface area contributed by atoms with Crippen LogP contribution in [0, 0.1) is 0 Å². The minimum atomic E-state index is -0.0136. The van der Waals surface area contributed by atoms with Crippen molar-refractivity contribution in [1.82, 2.24) is 15.2 Å². The van der Waals surface area contributed by atoms with E-state index in [9.17, 15) is 4.79 Å². The van der Waals surface area contributed by atoms with Crippen molar-refractivity contribution >= 4 is 6.03 Å². The van der Waals surface area contributed by atoms with Gasteiger partial charge < -0.3 is 15.0 Å². The topological polar surface area (TPSA) is 54.5 Å². The highest BCUT2D eigenvalue weighted by atomic mass is 16.5. The van der Waals surface area contributed by atoms with Crippen molar-refractivity contribution in [3.63, 3.8) is 0 Å². The van der Waals surface area contributed by atoms with Gasteiger partial charge in [-0.15, -0.1) is 0 Å². The number of aromatic nitrogens is 1. The van der Waals surface area contributed by atoms with Gasteiger partial charge >= 0.3 is 6.03 Å². The van der Waals surface area contributed by atoms with Crippen LogP contribution in [0.5, 0.6) is 0 Å². The summed E-state index contributed by atoms with van der Waals surface area (Å²) in [6, 6.07) is 14.0. The normalized spacial score (nSPS) is 15.2. The number of pyridine rings is 1. The number of nitrogens with zero attached hydrogens (tertiary/aromatic N) is 2. The van der Waals surface area contributed by atoms with Crippen LogP contribution in [-0.4, -0.2) is 35.1 Å². The molecule has 0 bridgehead atoms. The Morgan fingerprint density at radius 3 is 2.58 bits per heavy atom. The Kier molecular flexibility index (Phi) is 5.80. The second-order valence-corrected chi connectivity index (χ2v) is 6.00. The number of hydrogen-bond acceptors (Lipinski definition) is 3. The molecule has 1 aliphatic rings. The van der Waals surface area contributed by atoms with E-state index >= 15 is 0 Å². The number of urea groups is 1. The minimum absolute atomic E-state index is 0.0136. The molecule has 1 aromatic heterocycles. The van der Waals surface area contributed by atoms with E-state index in [-0.39, 0.29) is 12.1 Å². The van der Waals surface area contributed by atoms with E-state index in [0.29, 0.717) is 13.2 Å². The van der Waals surface area contributed by atoms with E-state index in [2.05, 4.69) is 22.4 Å². The number of hydrogen-bond donors (Lipinski definition) is 1. The zero-order chi connectivity index (χ0) is 16.6. The summed E-state index contributed by atoms with van der Waals surface area (Å²) in [5.74, 6) is 0. The second-order valence-electron chi connectivity index (χ2n) is 6.00. The maximum Gasteiger partial charge on any atom is 0.317 e. The molecule has 1 aliphatic heterocycles. The number of rotatable bonds is 5. The first-order valence-corrected chi connectivity index (χ1v) is 8.38. The molecule has 0 atom stereocenters. The molecule has 1 fully saturated rings. The Balaban J connectivity index is 1.37. The fraction of sp³-hybridized carbons (Fsp3) is 0.368. The van der Waals surface area contributed by atoms with Gasteiger partial charge in [0.1, 0.15) is 0 Å². The smallest absolute Gasteiger partial charge is 0.317 e. The lowest BCUT2D eigenvalue weighted by Gasteiger charge is -2.32. The van der Waals surface area contributed by atoms with Gasteiger partial charge in [-0.05, 0) is 30.0 Å². The summed E-state index contributed by atoms with van der Waals surface area (Å²) in [4.78, 5) is 18.1. The monoisotopic (exact) mass is 325 g/mol. The highest BCUT2D eigenvalue weighted by molar-refractivity contribution is 5.74. The summed E-state index contributed by atoms with van der Waals surface area (Å²) in [6.07, 6.45) is 5.49. The summed E-state index contributed by atoms with van der Waals surface area (Å²) < 4.78 is 5.96. The van der Waals surface area contributed by atoms with E-state index in [1.807, 2.05) is 35.2 Å². The summed E-state index contributed by atoms with van der Waals surface area (Å²) in [5.41, 5.74) is 2.20. The van der Waals surface area contributed by atoms with Gasteiger partial charge in [-0.3, -0.25) is 4.98 Å². The highest BCUT2D eigenvalue weighted by Gasteiger charge is 2.23.